The van der Waals surface area contributed by atoms with Crippen molar-refractivity contribution in [2.75, 3.05) is 62.4 Å². The molecule has 0 unspecified atom stereocenters. The molecule has 0 amide bonds. The van der Waals surface area contributed by atoms with Gasteiger partial charge in [-0.05, 0) is 31.2 Å². The largest absolute Gasteiger partial charge is 0.383 e. The highest BCUT2D eigenvalue weighted by molar-refractivity contribution is 7.89. The van der Waals surface area contributed by atoms with Crippen molar-refractivity contribution in [1.29, 1.82) is 5.26 Å². The Hall–Kier alpha value is -2.83. The van der Waals surface area contributed by atoms with Gasteiger partial charge >= 0.3 is 0 Å². The van der Waals surface area contributed by atoms with Crippen molar-refractivity contribution in [3.63, 3.8) is 0 Å². The van der Waals surface area contributed by atoms with Crippen LogP contribution in [0.1, 0.15) is 12.5 Å². The van der Waals surface area contributed by atoms with Crippen LogP contribution in [0.4, 0.5) is 17.5 Å². The Morgan fingerprint density at radius 3 is 2.38 bits per heavy atom. The molecule has 0 saturated carbocycles. The third-order valence-electron chi connectivity index (χ3n) is 5.20. The molecule has 1 aliphatic heterocycles. The first-order valence-corrected chi connectivity index (χ1v) is 13.6. The molecule has 3 rings (SSSR count). The lowest BCUT2D eigenvalue weighted by molar-refractivity contribution is 0.204. The Morgan fingerprint density at radius 2 is 1.79 bits per heavy atom. The lowest BCUT2D eigenvalue weighted by Gasteiger charge is -2.34. The summed E-state index contributed by atoms with van der Waals surface area (Å²) in [6, 6.07) is 8.15. The van der Waals surface area contributed by atoms with Crippen LogP contribution < -0.4 is 14.9 Å². The monoisotopic (exact) mass is 509 g/mol. The summed E-state index contributed by atoms with van der Waals surface area (Å²) in [7, 11) is -5.43. The van der Waals surface area contributed by atoms with E-state index < -0.39 is 20.0 Å². The Kier molecular flexibility index (Phi) is 8.39. The Balaban J connectivity index is 1.72. The number of ether oxygens (including phenoxy) is 1. The Morgan fingerprint density at radius 1 is 1.12 bits per heavy atom. The van der Waals surface area contributed by atoms with Crippen LogP contribution in [-0.4, -0.2) is 83.3 Å². The molecule has 0 aliphatic carbocycles. The summed E-state index contributed by atoms with van der Waals surface area (Å²) in [6.07, 6.45) is 1.40. The van der Waals surface area contributed by atoms with Crippen LogP contribution in [0.2, 0.25) is 0 Å². The van der Waals surface area contributed by atoms with Crippen molar-refractivity contribution in [3.05, 3.63) is 36.0 Å². The summed E-state index contributed by atoms with van der Waals surface area (Å²) in [5.74, 6) is 0.683. The molecule has 1 aromatic carbocycles. The molecule has 0 spiro atoms. The first kappa shape index (κ1) is 25.8. The van der Waals surface area contributed by atoms with E-state index >= 15 is 0 Å². The second-order valence-electron chi connectivity index (χ2n) is 7.37. The predicted molar refractivity (Wildman–Crippen MR) is 127 cm³/mol. The lowest BCUT2D eigenvalue weighted by atomic mass is 10.2. The fourth-order valence-electron chi connectivity index (χ4n) is 3.32. The average molecular weight is 510 g/mol. The molecule has 1 aromatic heterocycles. The van der Waals surface area contributed by atoms with Gasteiger partial charge in [-0.2, -0.15) is 14.6 Å². The van der Waals surface area contributed by atoms with Crippen LogP contribution >= 0.6 is 0 Å². The minimum atomic E-state index is -3.65. The maximum absolute atomic E-state index is 12.3. The summed E-state index contributed by atoms with van der Waals surface area (Å²) in [4.78, 5) is 10.6. The quantitative estimate of drug-likeness (QED) is 0.432. The Bertz CT molecular complexity index is 1240. The molecule has 2 N–H and O–H groups in total. The normalized spacial score (nSPS) is 15.1. The van der Waals surface area contributed by atoms with Crippen molar-refractivity contribution in [3.8, 4) is 6.07 Å². The minimum absolute atomic E-state index is 0.0430. The zero-order valence-corrected chi connectivity index (χ0v) is 20.6. The van der Waals surface area contributed by atoms with E-state index in [1.807, 2.05) is 4.90 Å². The number of hydrogen-bond acceptors (Lipinski definition) is 10. The first-order valence-electron chi connectivity index (χ1n) is 10.6. The van der Waals surface area contributed by atoms with Crippen molar-refractivity contribution in [1.82, 2.24) is 19.0 Å². The van der Waals surface area contributed by atoms with Gasteiger partial charge in [0.25, 0.3) is 0 Å². The molecular formula is C20H27N7O5S2. The highest BCUT2D eigenvalue weighted by Crippen LogP contribution is 2.23. The van der Waals surface area contributed by atoms with Gasteiger partial charge in [-0.1, -0.05) is 0 Å². The number of sulfonamides is 2. The van der Waals surface area contributed by atoms with E-state index in [1.165, 1.54) is 29.7 Å². The molecule has 12 nitrogen and oxygen atoms in total. The zero-order valence-electron chi connectivity index (χ0n) is 18.9. The van der Waals surface area contributed by atoms with Gasteiger partial charge in [0.05, 0.1) is 23.5 Å². The fourth-order valence-corrected chi connectivity index (χ4v) is 5.42. The minimum Gasteiger partial charge on any atom is -0.383 e. The third kappa shape index (κ3) is 6.19. The number of nitrogens with one attached hydrogen (secondary N) is 2. The second-order valence-corrected chi connectivity index (χ2v) is 11.4. The van der Waals surface area contributed by atoms with Gasteiger partial charge in [-0.25, -0.2) is 26.5 Å². The van der Waals surface area contributed by atoms with Crippen molar-refractivity contribution in [2.45, 2.75) is 11.8 Å². The van der Waals surface area contributed by atoms with Gasteiger partial charge in [-0.15, -0.1) is 0 Å². The SMILES string of the molecule is CCS(=O)(=O)N1CCN(c2nc(Nc3ccc(S(=O)(=O)NCCOC)cc3)ncc2C#N)CC1. The zero-order chi connectivity index (χ0) is 24.8. The van der Waals surface area contributed by atoms with Crippen LogP contribution in [0.15, 0.2) is 35.4 Å². The number of nitriles is 1. The van der Waals surface area contributed by atoms with Gasteiger partial charge in [-0.3, -0.25) is 0 Å². The number of nitrogens with zero attached hydrogens (tertiary/aromatic N) is 5. The topological polar surface area (TPSA) is 158 Å². The Labute approximate surface area is 199 Å². The van der Waals surface area contributed by atoms with E-state index in [2.05, 4.69) is 26.1 Å². The molecule has 14 heteroatoms. The maximum Gasteiger partial charge on any atom is 0.240 e. The maximum atomic E-state index is 12.3. The fraction of sp³-hybridized carbons (Fsp3) is 0.450. The van der Waals surface area contributed by atoms with E-state index in [9.17, 15) is 22.1 Å². The van der Waals surface area contributed by atoms with Crippen LogP contribution in [0, 0.1) is 11.3 Å². The molecule has 2 aromatic rings. The van der Waals surface area contributed by atoms with Gasteiger partial charge in [0.1, 0.15) is 11.6 Å². The van der Waals surface area contributed by atoms with Crippen LogP contribution in [0.5, 0.6) is 0 Å². The summed E-state index contributed by atoms with van der Waals surface area (Å²) >= 11 is 0. The molecule has 0 radical (unpaired) electrons. The molecule has 184 valence electrons. The van der Waals surface area contributed by atoms with E-state index in [1.54, 1.807) is 19.1 Å². The van der Waals surface area contributed by atoms with E-state index in [-0.39, 0.29) is 35.3 Å². The second kappa shape index (κ2) is 11.1. The van der Waals surface area contributed by atoms with Crippen molar-refractivity contribution in [2.24, 2.45) is 0 Å². The average Bonchev–Trinajstić information content (AvgIpc) is 2.84. The number of methoxy groups -OCH3 is 1. The molecule has 1 aliphatic rings. The summed E-state index contributed by atoms with van der Waals surface area (Å²) in [5, 5.41) is 12.5. The molecule has 2 heterocycles. The standard InChI is InChI=1S/C20H27N7O5S2/c1-3-33(28,29)27-11-9-26(10-12-27)19-16(14-21)15-22-20(25-19)24-17-4-6-18(7-5-17)34(30,31)23-8-13-32-2/h4-7,15,23H,3,8-13H2,1-2H3,(H,22,24,25). The summed E-state index contributed by atoms with van der Waals surface area (Å²) in [6.45, 7) is 3.45. The number of aromatic nitrogens is 2. The van der Waals surface area contributed by atoms with Gasteiger partial charge in [0, 0.05) is 45.5 Å². The number of piperazine rings is 1. The van der Waals surface area contributed by atoms with Gasteiger partial charge in [0.2, 0.25) is 26.0 Å². The predicted octanol–water partition coefficient (Wildman–Crippen LogP) is 0.488. The van der Waals surface area contributed by atoms with Crippen LogP contribution in [0.25, 0.3) is 0 Å². The lowest BCUT2D eigenvalue weighted by Crippen LogP contribution is -2.49. The number of hydrogen-bond donors (Lipinski definition) is 2. The number of rotatable bonds is 10. The van der Waals surface area contributed by atoms with E-state index in [4.69, 9.17) is 4.74 Å². The van der Waals surface area contributed by atoms with E-state index in [0.29, 0.717) is 37.7 Å². The van der Waals surface area contributed by atoms with E-state index in [0.717, 1.165) is 0 Å². The molecule has 0 atom stereocenters. The molecule has 34 heavy (non-hydrogen) atoms. The van der Waals surface area contributed by atoms with Crippen LogP contribution in [0.3, 0.4) is 0 Å². The first-order chi connectivity index (χ1) is 16.2. The summed E-state index contributed by atoms with van der Waals surface area (Å²) < 4.78 is 57.5. The molecule has 1 saturated heterocycles. The number of benzene rings is 1. The molecule has 1 fully saturated rings. The van der Waals surface area contributed by atoms with Crippen molar-refractivity contribution >= 4 is 37.5 Å². The third-order valence-corrected chi connectivity index (χ3v) is 8.56. The molecular weight excluding hydrogens is 482 g/mol. The smallest absolute Gasteiger partial charge is 0.240 e. The van der Waals surface area contributed by atoms with Crippen molar-refractivity contribution < 1.29 is 21.6 Å². The van der Waals surface area contributed by atoms with Gasteiger partial charge < -0.3 is 15.0 Å². The number of anilines is 3. The van der Waals surface area contributed by atoms with Gasteiger partial charge in [0.15, 0.2) is 5.82 Å². The van der Waals surface area contributed by atoms with Crippen LogP contribution in [-0.2, 0) is 24.8 Å². The highest BCUT2D eigenvalue weighted by Gasteiger charge is 2.27. The molecule has 0 bridgehead atoms. The summed E-state index contributed by atoms with van der Waals surface area (Å²) in [5.41, 5.74) is 0.839. The highest BCUT2D eigenvalue weighted by atomic mass is 32.2.